The van der Waals surface area contributed by atoms with Crippen molar-refractivity contribution in [1.82, 2.24) is 25.5 Å². The van der Waals surface area contributed by atoms with Gasteiger partial charge in [-0.3, -0.25) is 4.79 Å². The number of aromatic nitrogens is 4. The van der Waals surface area contributed by atoms with E-state index in [9.17, 15) is 4.79 Å². The Hall–Kier alpha value is -2.28. The van der Waals surface area contributed by atoms with Gasteiger partial charge in [0.1, 0.15) is 0 Å². The molecule has 3 rings (SSSR count). The first-order valence-electron chi connectivity index (χ1n) is 8.44. The highest BCUT2D eigenvalue weighted by Gasteiger charge is 2.29. The molecule has 128 valence electrons. The number of amides is 1. The summed E-state index contributed by atoms with van der Waals surface area (Å²) in [6.45, 7) is 4.60. The number of nitrogens with zero attached hydrogens (tertiary/aromatic N) is 4. The molecule has 0 bridgehead atoms. The van der Waals surface area contributed by atoms with Crippen molar-refractivity contribution < 1.29 is 4.79 Å². The van der Waals surface area contributed by atoms with Gasteiger partial charge in [0.25, 0.3) is 0 Å². The Morgan fingerprint density at radius 1 is 1.29 bits per heavy atom. The molecule has 0 radical (unpaired) electrons. The van der Waals surface area contributed by atoms with E-state index in [1.54, 1.807) is 4.68 Å². The Kier molecular flexibility index (Phi) is 4.89. The number of aryl methyl sites for hydroxylation is 2. The molecule has 1 aliphatic carbocycles. The molecule has 0 spiro atoms. The fraction of sp³-hybridized carbons (Fsp3) is 0.529. The van der Waals surface area contributed by atoms with Crippen LogP contribution in [0.1, 0.15) is 42.6 Å². The van der Waals surface area contributed by atoms with Crippen molar-refractivity contribution in [2.45, 2.75) is 52.1 Å². The molecule has 7 heteroatoms. The number of para-hydroxylation sites is 1. The molecular formula is C17H24N6O. The zero-order valence-electron chi connectivity index (χ0n) is 14.2. The third kappa shape index (κ3) is 3.31. The van der Waals surface area contributed by atoms with Crippen molar-refractivity contribution in [3.8, 4) is 5.69 Å². The molecule has 2 atom stereocenters. The van der Waals surface area contributed by atoms with E-state index in [0.717, 1.165) is 48.3 Å². The number of nitrogens with two attached hydrogens (primary N) is 1. The minimum atomic E-state index is -0.221. The minimum Gasteiger partial charge on any atom is -0.369 e. The minimum absolute atomic E-state index is 0.0966. The number of carbonyl (C=O) groups excluding carboxylic acids is 1. The Balaban J connectivity index is 1.78. The summed E-state index contributed by atoms with van der Waals surface area (Å²) in [5, 5.41) is 15.6. The molecule has 0 aliphatic heterocycles. The van der Waals surface area contributed by atoms with E-state index >= 15 is 0 Å². The fourth-order valence-corrected chi connectivity index (χ4v) is 3.57. The number of hydrogen-bond donors (Lipinski definition) is 2. The average molecular weight is 328 g/mol. The van der Waals surface area contributed by atoms with E-state index in [2.05, 4.69) is 20.8 Å². The van der Waals surface area contributed by atoms with Crippen LogP contribution in [0.5, 0.6) is 0 Å². The summed E-state index contributed by atoms with van der Waals surface area (Å²) in [7, 11) is 0. The van der Waals surface area contributed by atoms with Crippen LogP contribution in [0.2, 0.25) is 0 Å². The van der Waals surface area contributed by atoms with Crippen LogP contribution < -0.4 is 11.1 Å². The number of nitrogens with one attached hydrogen (secondary N) is 1. The van der Waals surface area contributed by atoms with Gasteiger partial charge < -0.3 is 11.1 Å². The zero-order valence-corrected chi connectivity index (χ0v) is 14.2. The maximum Gasteiger partial charge on any atom is 0.222 e. The van der Waals surface area contributed by atoms with Crippen molar-refractivity contribution in [2.75, 3.05) is 0 Å². The number of tetrazole rings is 1. The van der Waals surface area contributed by atoms with Gasteiger partial charge in [-0.25, -0.2) is 0 Å². The summed E-state index contributed by atoms with van der Waals surface area (Å²) in [6.07, 6.45) is 3.99. The van der Waals surface area contributed by atoms with Crippen LogP contribution in [0.3, 0.4) is 0 Å². The van der Waals surface area contributed by atoms with E-state index < -0.39 is 0 Å². The van der Waals surface area contributed by atoms with E-state index in [1.807, 2.05) is 32.0 Å². The summed E-state index contributed by atoms with van der Waals surface area (Å²) < 4.78 is 1.78. The van der Waals surface area contributed by atoms with Gasteiger partial charge in [0, 0.05) is 6.04 Å². The molecule has 1 saturated carbocycles. The number of benzene rings is 1. The Morgan fingerprint density at radius 3 is 2.71 bits per heavy atom. The smallest absolute Gasteiger partial charge is 0.222 e. The number of primary amides is 1. The van der Waals surface area contributed by atoms with Crippen molar-refractivity contribution in [2.24, 2.45) is 11.7 Å². The van der Waals surface area contributed by atoms with Gasteiger partial charge in [-0.1, -0.05) is 31.0 Å². The first kappa shape index (κ1) is 16.6. The van der Waals surface area contributed by atoms with Gasteiger partial charge in [0.2, 0.25) is 5.91 Å². The lowest BCUT2D eigenvalue weighted by Crippen LogP contribution is -2.44. The normalized spacial score (nSPS) is 20.9. The number of carbonyl (C=O) groups is 1. The van der Waals surface area contributed by atoms with Gasteiger partial charge in [-0.15, -0.1) is 5.10 Å². The zero-order chi connectivity index (χ0) is 17.1. The number of rotatable bonds is 5. The van der Waals surface area contributed by atoms with Gasteiger partial charge in [0.15, 0.2) is 5.82 Å². The summed E-state index contributed by atoms with van der Waals surface area (Å²) >= 11 is 0. The van der Waals surface area contributed by atoms with Crippen LogP contribution in [0.15, 0.2) is 18.2 Å². The molecular weight excluding hydrogens is 304 g/mol. The van der Waals surface area contributed by atoms with Crippen molar-refractivity contribution >= 4 is 5.91 Å². The maximum absolute atomic E-state index is 11.6. The van der Waals surface area contributed by atoms with Crippen molar-refractivity contribution in [3.63, 3.8) is 0 Å². The lowest BCUT2D eigenvalue weighted by molar-refractivity contribution is -0.123. The molecule has 1 aromatic carbocycles. The third-order valence-corrected chi connectivity index (χ3v) is 4.84. The van der Waals surface area contributed by atoms with E-state index in [4.69, 9.17) is 5.73 Å². The second-order valence-corrected chi connectivity index (χ2v) is 6.53. The molecule has 1 aliphatic rings. The highest BCUT2D eigenvalue weighted by molar-refractivity contribution is 5.77. The molecule has 1 heterocycles. The first-order chi connectivity index (χ1) is 11.6. The topological polar surface area (TPSA) is 98.7 Å². The van der Waals surface area contributed by atoms with Crippen molar-refractivity contribution in [3.05, 3.63) is 35.2 Å². The van der Waals surface area contributed by atoms with Gasteiger partial charge in [-0.2, -0.15) is 4.68 Å². The molecule has 3 N–H and O–H groups in total. The quantitative estimate of drug-likeness (QED) is 0.864. The molecule has 24 heavy (non-hydrogen) atoms. The molecule has 1 fully saturated rings. The number of hydrogen-bond acceptors (Lipinski definition) is 5. The van der Waals surface area contributed by atoms with Crippen LogP contribution in [0.25, 0.3) is 5.69 Å². The van der Waals surface area contributed by atoms with Crippen LogP contribution in [0, 0.1) is 19.8 Å². The van der Waals surface area contributed by atoms with Gasteiger partial charge >= 0.3 is 0 Å². The SMILES string of the molecule is Cc1cccc(C)c1-n1nnnc1CN[C@@H]1CCCC[C@@H]1C(N)=O. The highest BCUT2D eigenvalue weighted by Crippen LogP contribution is 2.25. The highest BCUT2D eigenvalue weighted by atomic mass is 16.1. The molecule has 1 aromatic heterocycles. The summed E-state index contributed by atoms with van der Waals surface area (Å²) in [5.41, 5.74) is 8.79. The Morgan fingerprint density at radius 2 is 2.00 bits per heavy atom. The third-order valence-electron chi connectivity index (χ3n) is 4.84. The van der Waals surface area contributed by atoms with E-state index in [0.29, 0.717) is 6.54 Å². The predicted octanol–water partition coefficient (Wildman–Crippen LogP) is 1.41. The van der Waals surface area contributed by atoms with Gasteiger partial charge in [0.05, 0.1) is 18.2 Å². The lowest BCUT2D eigenvalue weighted by Gasteiger charge is -2.30. The summed E-state index contributed by atoms with van der Waals surface area (Å²) in [4.78, 5) is 11.6. The predicted molar refractivity (Wildman–Crippen MR) is 90.4 cm³/mol. The maximum atomic E-state index is 11.6. The monoisotopic (exact) mass is 328 g/mol. The lowest BCUT2D eigenvalue weighted by atomic mass is 9.84. The van der Waals surface area contributed by atoms with E-state index in [1.165, 1.54) is 0 Å². The summed E-state index contributed by atoms with van der Waals surface area (Å²) in [6, 6.07) is 6.21. The molecule has 0 unspecified atom stereocenters. The Labute approximate surface area is 141 Å². The molecule has 2 aromatic rings. The van der Waals surface area contributed by atoms with Crippen LogP contribution >= 0.6 is 0 Å². The van der Waals surface area contributed by atoms with Crippen molar-refractivity contribution in [1.29, 1.82) is 0 Å². The van der Waals surface area contributed by atoms with Crippen LogP contribution in [-0.2, 0) is 11.3 Å². The Bertz CT molecular complexity index is 705. The van der Waals surface area contributed by atoms with Crippen LogP contribution in [-0.4, -0.2) is 32.2 Å². The average Bonchev–Trinajstić information content (AvgIpc) is 3.01. The standard InChI is InChI=1S/C17H24N6O/c1-11-6-5-7-12(2)16(11)23-15(20-21-22-23)10-19-14-9-4-3-8-13(14)17(18)24/h5-7,13-14,19H,3-4,8-10H2,1-2H3,(H2,18,24)/t13-,14+/m0/s1. The van der Waals surface area contributed by atoms with Gasteiger partial charge in [-0.05, 0) is 48.2 Å². The second-order valence-electron chi connectivity index (χ2n) is 6.53. The van der Waals surface area contributed by atoms with Crippen LogP contribution in [0.4, 0.5) is 0 Å². The largest absolute Gasteiger partial charge is 0.369 e. The molecule has 7 nitrogen and oxygen atoms in total. The summed E-state index contributed by atoms with van der Waals surface area (Å²) in [5.74, 6) is 0.408. The molecule has 1 amide bonds. The molecule has 0 saturated heterocycles. The first-order valence-corrected chi connectivity index (χ1v) is 8.44. The fourth-order valence-electron chi connectivity index (χ4n) is 3.57. The second kappa shape index (κ2) is 7.09. The van der Waals surface area contributed by atoms with E-state index in [-0.39, 0.29) is 17.9 Å².